The molecule has 0 atom stereocenters. The highest BCUT2D eigenvalue weighted by atomic mass is 16.3. The van der Waals surface area contributed by atoms with Gasteiger partial charge in [0.05, 0.1) is 0 Å². The van der Waals surface area contributed by atoms with E-state index < -0.39 is 0 Å². The molecule has 0 saturated carbocycles. The molecule has 1 aromatic heterocycles. The average Bonchev–Trinajstić information content (AvgIpc) is 2.26. The zero-order valence-electron chi connectivity index (χ0n) is 6.98. The van der Waals surface area contributed by atoms with Gasteiger partial charge in [0.2, 0.25) is 0 Å². The SMILES string of the molecule is C=Cc1oc(C)c(C=C)c1C. The van der Waals surface area contributed by atoms with Crippen molar-refractivity contribution < 1.29 is 4.42 Å². The molecule has 58 valence electrons. The van der Waals surface area contributed by atoms with Crippen molar-refractivity contribution >= 4 is 12.2 Å². The number of hydrogen-bond donors (Lipinski definition) is 0. The molecule has 1 heterocycles. The van der Waals surface area contributed by atoms with Crippen molar-refractivity contribution in [3.8, 4) is 0 Å². The minimum atomic E-state index is 0.845. The van der Waals surface area contributed by atoms with Gasteiger partial charge in [0, 0.05) is 11.1 Å². The fourth-order valence-electron chi connectivity index (χ4n) is 1.18. The summed E-state index contributed by atoms with van der Waals surface area (Å²) in [5.74, 6) is 1.75. The third-order valence-electron chi connectivity index (χ3n) is 1.81. The van der Waals surface area contributed by atoms with Gasteiger partial charge in [-0.05, 0) is 19.9 Å². The highest BCUT2D eigenvalue weighted by Crippen LogP contribution is 2.22. The standard InChI is InChI=1S/C10H12O/c1-5-9-7(3)10(6-2)11-8(9)4/h5-6H,1-2H2,3-4H3. The Labute approximate surface area is 67.0 Å². The summed E-state index contributed by atoms with van der Waals surface area (Å²) < 4.78 is 5.40. The van der Waals surface area contributed by atoms with E-state index in [9.17, 15) is 0 Å². The van der Waals surface area contributed by atoms with Gasteiger partial charge in [-0.3, -0.25) is 0 Å². The molecule has 0 bridgehead atoms. The minimum Gasteiger partial charge on any atom is -0.461 e. The van der Waals surface area contributed by atoms with Crippen LogP contribution in [0, 0.1) is 13.8 Å². The maximum atomic E-state index is 5.40. The molecule has 0 unspecified atom stereocenters. The van der Waals surface area contributed by atoms with Gasteiger partial charge in [-0.25, -0.2) is 0 Å². The molecular weight excluding hydrogens is 136 g/mol. The van der Waals surface area contributed by atoms with Crippen LogP contribution in [0.1, 0.15) is 22.6 Å². The van der Waals surface area contributed by atoms with Gasteiger partial charge in [0.25, 0.3) is 0 Å². The first kappa shape index (κ1) is 7.86. The molecule has 0 aliphatic heterocycles. The van der Waals surface area contributed by atoms with Gasteiger partial charge in [-0.2, -0.15) is 0 Å². The van der Waals surface area contributed by atoms with E-state index in [1.807, 2.05) is 13.8 Å². The van der Waals surface area contributed by atoms with E-state index in [0.29, 0.717) is 0 Å². The number of rotatable bonds is 2. The fraction of sp³-hybridized carbons (Fsp3) is 0.200. The molecule has 11 heavy (non-hydrogen) atoms. The van der Waals surface area contributed by atoms with Crippen molar-refractivity contribution in [1.82, 2.24) is 0 Å². The molecule has 0 N–H and O–H groups in total. The van der Waals surface area contributed by atoms with E-state index in [1.54, 1.807) is 12.2 Å². The van der Waals surface area contributed by atoms with Gasteiger partial charge >= 0.3 is 0 Å². The Kier molecular flexibility index (Phi) is 1.99. The molecule has 1 rings (SSSR count). The molecular formula is C10H12O. The summed E-state index contributed by atoms with van der Waals surface area (Å²) in [7, 11) is 0. The predicted molar refractivity (Wildman–Crippen MR) is 48.4 cm³/mol. The molecule has 0 radical (unpaired) electrons. The molecule has 1 aromatic rings. The van der Waals surface area contributed by atoms with Gasteiger partial charge in [0.15, 0.2) is 0 Å². The second kappa shape index (κ2) is 2.79. The Balaban J connectivity index is 3.35. The van der Waals surface area contributed by atoms with Crippen LogP contribution in [0.25, 0.3) is 12.2 Å². The zero-order valence-corrected chi connectivity index (χ0v) is 6.98. The first-order chi connectivity index (χ1) is 5.20. The highest BCUT2D eigenvalue weighted by molar-refractivity contribution is 5.60. The summed E-state index contributed by atoms with van der Waals surface area (Å²) in [6.07, 6.45) is 3.52. The van der Waals surface area contributed by atoms with E-state index in [2.05, 4.69) is 13.2 Å². The van der Waals surface area contributed by atoms with Crippen LogP contribution in [-0.4, -0.2) is 0 Å². The molecule has 1 heteroatoms. The Morgan fingerprint density at radius 3 is 2.09 bits per heavy atom. The van der Waals surface area contributed by atoms with Crippen molar-refractivity contribution in [1.29, 1.82) is 0 Å². The number of furan rings is 1. The predicted octanol–water partition coefficient (Wildman–Crippen LogP) is 3.18. The summed E-state index contributed by atoms with van der Waals surface area (Å²) >= 11 is 0. The van der Waals surface area contributed by atoms with Gasteiger partial charge < -0.3 is 4.42 Å². The second-order valence-corrected chi connectivity index (χ2v) is 2.47. The lowest BCUT2D eigenvalue weighted by Gasteiger charge is -1.88. The van der Waals surface area contributed by atoms with Crippen LogP contribution in [0.15, 0.2) is 17.6 Å². The van der Waals surface area contributed by atoms with Crippen LogP contribution in [0.2, 0.25) is 0 Å². The van der Waals surface area contributed by atoms with Crippen molar-refractivity contribution in [3.63, 3.8) is 0 Å². The molecule has 0 saturated heterocycles. The van der Waals surface area contributed by atoms with E-state index in [1.165, 1.54) is 0 Å². The van der Waals surface area contributed by atoms with Crippen molar-refractivity contribution in [2.75, 3.05) is 0 Å². The van der Waals surface area contributed by atoms with Crippen molar-refractivity contribution in [2.24, 2.45) is 0 Å². The summed E-state index contributed by atoms with van der Waals surface area (Å²) in [6.45, 7) is 11.3. The smallest absolute Gasteiger partial charge is 0.129 e. The average molecular weight is 148 g/mol. The molecule has 0 fully saturated rings. The quantitative estimate of drug-likeness (QED) is 0.627. The normalized spacial score (nSPS) is 9.64. The summed E-state index contributed by atoms with van der Waals surface area (Å²) in [5.41, 5.74) is 2.20. The van der Waals surface area contributed by atoms with Crippen LogP contribution in [0.5, 0.6) is 0 Å². The van der Waals surface area contributed by atoms with Crippen molar-refractivity contribution in [2.45, 2.75) is 13.8 Å². The van der Waals surface area contributed by atoms with E-state index in [0.717, 1.165) is 22.6 Å². The topological polar surface area (TPSA) is 13.1 Å². The molecule has 0 aromatic carbocycles. The maximum Gasteiger partial charge on any atom is 0.129 e. The van der Waals surface area contributed by atoms with E-state index >= 15 is 0 Å². The highest BCUT2D eigenvalue weighted by Gasteiger charge is 2.07. The maximum absolute atomic E-state index is 5.40. The molecule has 0 spiro atoms. The lowest BCUT2D eigenvalue weighted by atomic mass is 10.1. The van der Waals surface area contributed by atoms with Crippen LogP contribution in [0.4, 0.5) is 0 Å². The zero-order chi connectivity index (χ0) is 8.43. The first-order valence-corrected chi connectivity index (χ1v) is 3.55. The van der Waals surface area contributed by atoms with E-state index in [-0.39, 0.29) is 0 Å². The first-order valence-electron chi connectivity index (χ1n) is 3.55. The molecule has 1 nitrogen and oxygen atoms in total. The van der Waals surface area contributed by atoms with Gasteiger partial charge in [0.1, 0.15) is 11.5 Å². The Morgan fingerprint density at radius 2 is 1.82 bits per heavy atom. The summed E-state index contributed by atoms with van der Waals surface area (Å²) in [6, 6.07) is 0. The Bertz CT molecular complexity index is 292. The molecule has 0 aliphatic rings. The second-order valence-electron chi connectivity index (χ2n) is 2.47. The lowest BCUT2D eigenvalue weighted by molar-refractivity contribution is 0.523. The van der Waals surface area contributed by atoms with Gasteiger partial charge in [-0.15, -0.1) is 0 Å². The number of hydrogen-bond acceptors (Lipinski definition) is 1. The van der Waals surface area contributed by atoms with E-state index in [4.69, 9.17) is 4.42 Å². The summed E-state index contributed by atoms with van der Waals surface area (Å²) in [5, 5.41) is 0. The number of aryl methyl sites for hydroxylation is 1. The fourth-order valence-corrected chi connectivity index (χ4v) is 1.18. The third-order valence-corrected chi connectivity index (χ3v) is 1.81. The molecule has 0 aliphatic carbocycles. The summed E-state index contributed by atoms with van der Waals surface area (Å²) in [4.78, 5) is 0. The van der Waals surface area contributed by atoms with Crippen LogP contribution in [0.3, 0.4) is 0 Å². The molecule has 0 amide bonds. The van der Waals surface area contributed by atoms with Gasteiger partial charge in [-0.1, -0.05) is 19.2 Å². The minimum absolute atomic E-state index is 0.845. The lowest BCUT2D eigenvalue weighted by Crippen LogP contribution is -1.74. The van der Waals surface area contributed by atoms with Crippen molar-refractivity contribution in [3.05, 3.63) is 35.8 Å². The third kappa shape index (κ3) is 1.14. The van der Waals surface area contributed by atoms with Crippen LogP contribution in [-0.2, 0) is 0 Å². The Hall–Kier alpha value is -1.24. The monoisotopic (exact) mass is 148 g/mol. The van der Waals surface area contributed by atoms with Crippen LogP contribution < -0.4 is 0 Å². The van der Waals surface area contributed by atoms with Crippen LogP contribution >= 0.6 is 0 Å². The largest absolute Gasteiger partial charge is 0.461 e. The Morgan fingerprint density at radius 1 is 1.18 bits per heavy atom.